The zero-order valence-corrected chi connectivity index (χ0v) is 34.5. The van der Waals surface area contributed by atoms with E-state index in [0.717, 1.165) is 62.1 Å². The Labute approximate surface area is 351 Å². The molecular formula is C54H45N5O. The van der Waals surface area contributed by atoms with Crippen LogP contribution in [0.2, 0.25) is 0 Å². The van der Waals surface area contributed by atoms with Gasteiger partial charge < -0.3 is 14.5 Å². The summed E-state index contributed by atoms with van der Waals surface area (Å²) in [6.45, 7) is 12.0. The molecule has 60 heavy (non-hydrogen) atoms. The van der Waals surface area contributed by atoms with Crippen molar-refractivity contribution in [3.63, 3.8) is 0 Å². The van der Waals surface area contributed by atoms with Crippen LogP contribution in [0.5, 0.6) is 11.5 Å². The van der Waals surface area contributed by atoms with E-state index < -0.39 is 0 Å². The number of ether oxygens (including phenoxy) is 1. The lowest BCUT2D eigenvalue weighted by Gasteiger charge is -2.28. The first kappa shape index (κ1) is 35.9. The maximum atomic E-state index is 6.77. The van der Waals surface area contributed by atoms with E-state index in [9.17, 15) is 0 Å². The van der Waals surface area contributed by atoms with Crippen LogP contribution < -0.4 is 14.5 Å². The van der Waals surface area contributed by atoms with Gasteiger partial charge in [-0.1, -0.05) is 113 Å². The van der Waals surface area contributed by atoms with Crippen molar-refractivity contribution in [3.8, 4) is 39.7 Å². The highest BCUT2D eigenvalue weighted by molar-refractivity contribution is 6.09. The van der Waals surface area contributed by atoms with Crippen molar-refractivity contribution in [2.75, 3.05) is 16.5 Å². The van der Waals surface area contributed by atoms with Crippen molar-refractivity contribution < 1.29 is 4.74 Å². The second-order valence-electron chi connectivity index (χ2n) is 17.5. The molecule has 0 amide bonds. The van der Waals surface area contributed by atoms with Gasteiger partial charge >= 0.3 is 0 Å². The molecule has 0 atom stereocenters. The molecule has 9 aromatic rings. The van der Waals surface area contributed by atoms with Crippen molar-refractivity contribution in [1.82, 2.24) is 14.5 Å². The molecule has 0 radical (unpaired) electrons. The van der Waals surface area contributed by atoms with E-state index in [2.05, 4.69) is 195 Å². The van der Waals surface area contributed by atoms with Gasteiger partial charge in [0.05, 0.1) is 33.8 Å². The number of hydrogen-bond donors (Lipinski definition) is 0. The molecule has 0 saturated carbocycles. The van der Waals surface area contributed by atoms with Crippen LogP contribution in [-0.2, 0) is 10.8 Å². The molecule has 0 bridgehead atoms. The predicted octanol–water partition coefficient (Wildman–Crippen LogP) is 13.9. The summed E-state index contributed by atoms with van der Waals surface area (Å²) in [7, 11) is 0. The summed E-state index contributed by atoms with van der Waals surface area (Å²) in [5.41, 5.74) is 15.1. The zero-order valence-electron chi connectivity index (χ0n) is 34.5. The van der Waals surface area contributed by atoms with Crippen molar-refractivity contribution in [3.05, 3.63) is 187 Å². The minimum atomic E-state index is -0.141. The van der Waals surface area contributed by atoms with Crippen LogP contribution >= 0.6 is 0 Å². The van der Waals surface area contributed by atoms with E-state index in [1.54, 1.807) is 0 Å². The third-order valence-corrected chi connectivity index (χ3v) is 12.5. The standard InChI is InChI=1S/C54H45N5O/c1-53(2,3)35-28-30-56-50(31-35)59-46-21-9-7-17-39(46)40-25-24-38(33-49(40)59)60-37-16-14-15-36(32-37)57-34-58(48-23-11-10-22-47(48)57)52-42(45-20-12-13-29-55-45)26-27-44-51(52)41-18-6-8-19-43(41)54(44,4)5/h6-33H,34H2,1-5H3. The van der Waals surface area contributed by atoms with E-state index in [1.807, 2.05) is 24.5 Å². The Bertz CT molecular complexity index is 3140. The lowest BCUT2D eigenvalue weighted by Crippen LogP contribution is -2.25. The molecule has 2 aliphatic rings. The van der Waals surface area contributed by atoms with Crippen LogP contribution in [0.15, 0.2) is 170 Å². The van der Waals surface area contributed by atoms with Crippen LogP contribution in [0.25, 0.3) is 50.0 Å². The first-order valence-electron chi connectivity index (χ1n) is 20.8. The largest absolute Gasteiger partial charge is 0.457 e. The summed E-state index contributed by atoms with van der Waals surface area (Å²) in [6.07, 6.45) is 3.81. The smallest absolute Gasteiger partial charge is 0.137 e. The van der Waals surface area contributed by atoms with Gasteiger partial charge in [-0.05, 0) is 94.4 Å². The fourth-order valence-electron chi connectivity index (χ4n) is 9.53. The molecule has 11 rings (SSSR count). The average Bonchev–Trinajstić information content (AvgIpc) is 3.89. The van der Waals surface area contributed by atoms with Crippen molar-refractivity contribution in [1.29, 1.82) is 0 Å². The number of pyridine rings is 2. The molecule has 6 heteroatoms. The van der Waals surface area contributed by atoms with E-state index in [-0.39, 0.29) is 10.8 Å². The molecule has 292 valence electrons. The summed E-state index contributed by atoms with van der Waals surface area (Å²) < 4.78 is 9.03. The van der Waals surface area contributed by atoms with Crippen LogP contribution in [-0.4, -0.2) is 21.2 Å². The predicted molar refractivity (Wildman–Crippen MR) is 247 cm³/mol. The molecule has 1 aliphatic carbocycles. The number of hydrogen-bond acceptors (Lipinski definition) is 5. The highest BCUT2D eigenvalue weighted by Gasteiger charge is 2.40. The molecule has 0 saturated heterocycles. The summed E-state index contributed by atoms with van der Waals surface area (Å²) in [6, 6.07) is 56.1. The van der Waals surface area contributed by atoms with Gasteiger partial charge in [0.1, 0.15) is 24.0 Å². The van der Waals surface area contributed by atoms with Gasteiger partial charge in [0, 0.05) is 57.5 Å². The molecule has 3 aromatic heterocycles. The number of aromatic nitrogens is 3. The molecule has 1 aliphatic heterocycles. The van der Waals surface area contributed by atoms with E-state index in [1.165, 1.54) is 38.9 Å². The van der Waals surface area contributed by atoms with Crippen LogP contribution in [0, 0.1) is 0 Å². The normalized spacial score (nSPS) is 14.1. The highest BCUT2D eigenvalue weighted by Crippen LogP contribution is 2.57. The Kier molecular flexibility index (Phi) is 8.05. The number of anilines is 4. The second-order valence-corrected chi connectivity index (χ2v) is 17.5. The van der Waals surface area contributed by atoms with Crippen molar-refractivity contribution >= 4 is 44.6 Å². The number of para-hydroxylation sites is 3. The van der Waals surface area contributed by atoms with Gasteiger partial charge in [-0.2, -0.15) is 0 Å². The lowest BCUT2D eigenvalue weighted by molar-refractivity contribution is 0.483. The van der Waals surface area contributed by atoms with Crippen LogP contribution in [0.4, 0.5) is 22.7 Å². The van der Waals surface area contributed by atoms with Gasteiger partial charge in [-0.15, -0.1) is 0 Å². The highest BCUT2D eigenvalue weighted by atomic mass is 16.5. The van der Waals surface area contributed by atoms with Gasteiger partial charge in [0.15, 0.2) is 0 Å². The average molecular weight is 780 g/mol. The number of rotatable bonds is 6. The maximum absolute atomic E-state index is 6.77. The van der Waals surface area contributed by atoms with Crippen molar-refractivity contribution in [2.45, 2.75) is 45.4 Å². The Morgan fingerprint density at radius 2 is 1.32 bits per heavy atom. The molecule has 0 unspecified atom stereocenters. The van der Waals surface area contributed by atoms with Gasteiger partial charge in [0.2, 0.25) is 0 Å². The number of nitrogens with zero attached hydrogens (tertiary/aromatic N) is 5. The zero-order chi connectivity index (χ0) is 40.8. The first-order valence-corrected chi connectivity index (χ1v) is 20.8. The Balaban J connectivity index is 0.994. The lowest BCUT2D eigenvalue weighted by atomic mass is 9.82. The molecule has 0 fully saturated rings. The van der Waals surface area contributed by atoms with E-state index in [0.29, 0.717) is 6.67 Å². The van der Waals surface area contributed by atoms with Crippen LogP contribution in [0.1, 0.15) is 51.3 Å². The molecular weight excluding hydrogens is 735 g/mol. The van der Waals surface area contributed by atoms with Crippen LogP contribution in [0.3, 0.4) is 0 Å². The van der Waals surface area contributed by atoms with Gasteiger partial charge in [-0.3, -0.25) is 9.55 Å². The summed E-state index contributed by atoms with van der Waals surface area (Å²) in [5.74, 6) is 2.43. The Morgan fingerprint density at radius 3 is 2.15 bits per heavy atom. The molecule has 0 N–H and O–H groups in total. The Hall–Kier alpha value is -7.18. The molecule has 0 spiro atoms. The topological polar surface area (TPSA) is 46.4 Å². The fraction of sp³-hybridized carbons (Fsp3) is 0.148. The van der Waals surface area contributed by atoms with Crippen molar-refractivity contribution in [2.24, 2.45) is 0 Å². The van der Waals surface area contributed by atoms with Gasteiger partial charge in [-0.25, -0.2) is 4.98 Å². The fourth-order valence-corrected chi connectivity index (χ4v) is 9.53. The monoisotopic (exact) mass is 779 g/mol. The maximum Gasteiger partial charge on any atom is 0.137 e. The van der Waals surface area contributed by atoms with E-state index in [4.69, 9.17) is 14.7 Å². The third-order valence-electron chi connectivity index (χ3n) is 12.5. The number of benzene rings is 6. The third kappa shape index (κ3) is 5.62. The molecule has 6 aromatic carbocycles. The minimum Gasteiger partial charge on any atom is -0.457 e. The summed E-state index contributed by atoms with van der Waals surface area (Å²) in [4.78, 5) is 14.6. The van der Waals surface area contributed by atoms with E-state index >= 15 is 0 Å². The Morgan fingerprint density at radius 1 is 0.567 bits per heavy atom. The van der Waals surface area contributed by atoms with Gasteiger partial charge in [0.25, 0.3) is 0 Å². The minimum absolute atomic E-state index is 0.00647. The number of fused-ring (bicyclic) bond motifs is 7. The quantitative estimate of drug-likeness (QED) is 0.168. The summed E-state index contributed by atoms with van der Waals surface area (Å²) in [5, 5.41) is 2.34. The molecule has 6 nitrogen and oxygen atoms in total. The SMILES string of the molecule is CC(C)(C)c1ccnc(-n2c3ccccc3c3ccc(Oc4cccc(N5CN(c6c(-c7ccccn7)ccc7c6-c6ccccc6C7(C)C)c6ccccc65)c4)cc32)c1. The first-order chi connectivity index (χ1) is 29.1. The summed E-state index contributed by atoms with van der Waals surface area (Å²) >= 11 is 0. The molecule has 4 heterocycles. The second kappa shape index (κ2) is 13.4.